The first kappa shape index (κ1) is 18.6. The summed E-state index contributed by atoms with van der Waals surface area (Å²) in [6, 6.07) is 9.54. The lowest BCUT2D eigenvalue weighted by molar-refractivity contribution is -0.145. The van der Waals surface area contributed by atoms with E-state index < -0.39 is 29.6 Å². The molecule has 0 saturated carbocycles. The van der Waals surface area contributed by atoms with Gasteiger partial charge in [0.15, 0.2) is 0 Å². The van der Waals surface area contributed by atoms with E-state index in [4.69, 9.17) is 4.74 Å². The van der Waals surface area contributed by atoms with Crippen LogP contribution in [0.15, 0.2) is 42.5 Å². The van der Waals surface area contributed by atoms with Crippen LogP contribution in [0.25, 0.3) is 0 Å². The number of methoxy groups -OCH3 is 1. The molecule has 2 rings (SSSR count). The lowest BCUT2D eigenvalue weighted by atomic mass is 10.0. The Bertz CT molecular complexity index is 740. The monoisotopic (exact) mass is 347 g/mol. The number of hydrogen-bond donors (Lipinski definition) is 1. The van der Waals surface area contributed by atoms with Gasteiger partial charge in [-0.25, -0.2) is 13.6 Å². The van der Waals surface area contributed by atoms with E-state index in [2.05, 4.69) is 5.32 Å². The first-order chi connectivity index (χ1) is 11.9. The van der Waals surface area contributed by atoms with Crippen molar-refractivity contribution in [3.63, 3.8) is 0 Å². The Hall–Kier alpha value is -2.76. The number of carbonyl (C=O) groups is 2. The van der Waals surface area contributed by atoms with Gasteiger partial charge in [0, 0.05) is 12.5 Å². The second-order valence-corrected chi connectivity index (χ2v) is 5.79. The third-order valence-electron chi connectivity index (χ3n) is 3.67. The van der Waals surface area contributed by atoms with Gasteiger partial charge in [-0.2, -0.15) is 0 Å². The van der Waals surface area contributed by atoms with Crippen molar-refractivity contribution in [3.8, 4) is 0 Å². The van der Waals surface area contributed by atoms with Crippen LogP contribution in [0.2, 0.25) is 0 Å². The number of nitrogens with one attached hydrogen (secondary N) is 1. The maximum atomic E-state index is 13.2. The van der Waals surface area contributed by atoms with Gasteiger partial charge in [-0.1, -0.05) is 29.8 Å². The number of halogens is 2. The quantitative estimate of drug-likeness (QED) is 0.818. The van der Waals surface area contributed by atoms with Crippen molar-refractivity contribution in [2.75, 3.05) is 7.11 Å². The molecule has 0 unspecified atom stereocenters. The fourth-order valence-electron chi connectivity index (χ4n) is 2.44. The van der Waals surface area contributed by atoms with Crippen molar-refractivity contribution in [1.82, 2.24) is 5.32 Å². The molecule has 2 aromatic rings. The molecular weight excluding hydrogens is 328 g/mol. The van der Waals surface area contributed by atoms with E-state index in [1.165, 1.54) is 7.11 Å². The Kier molecular flexibility index (Phi) is 6.22. The standard InChI is InChI=1S/C19H19F2NO3/c1-12-3-5-13(6-4-12)9-17(19(24)25-2)22-18(23)10-14-7-15(20)11-16(21)8-14/h3-8,11,17H,9-10H2,1-2H3,(H,22,23)/t17-/m1/s1. The zero-order chi connectivity index (χ0) is 18.4. The molecule has 132 valence electrons. The van der Waals surface area contributed by atoms with Gasteiger partial charge in [-0.05, 0) is 30.2 Å². The molecule has 0 radical (unpaired) electrons. The van der Waals surface area contributed by atoms with Crippen LogP contribution in [0, 0.1) is 18.6 Å². The molecule has 0 aliphatic carbocycles. The highest BCUT2D eigenvalue weighted by Gasteiger charge is 2.22. The molecule has 1 N–H and O–H groups in total. The molecule has 2 aromatic carbocycles. The SMILES string of the molecule is COC(=O)[C@@H](Cc1ccc(C)cc1)NC(=O)Cc1cc(F)cc(F)c1. The van der Waals surface area contributed by atoms with E-state index in [0.29, 0.717) is 0 Å². The molecule has 0 aliphatic rings. The van der Waals surface area contributed by atoms with Crippen molar-refractivity contribution in [1.29, 1.82) is 0 Å². The average molecular weight is 347 g/mol. The van der Waals surface area contributed by atoms with Crippen LogP contribution >= 0.6 is 0 Å². The lowest BCUT2D eigenvalue weighted by Crippen LogP contribution is -2.43. The predicted octanol–water partition coefficient (Wildman–Crippen LogP) is 2.72. The third-order valence-corrected chi connectivity index (χ3v) is 3.67. The van der Waals surface area contributed by atoms with Crippen LogP contribution in [0.5, 0.6) is 0 Å². The summed E-state index contributed by atoms with van der Waals surface area (Å²) in [5.41, 5.74) is 2.13. The summed E-state index contributed by atoms with van der Waals surface area (Å²) in [6.07, 6.45) is 0.0201. The largest absolute Gasteiger partial charge is 0.467 e. The van der Waals surface area contributed by atoms with Gasteiger partial charge >= 0.3 is 5.97 Å². The summed E-state index contributed by atoms with van der Waals surface area (Å²) in [4.78, 5) is 24.1. The number of carbonyl (C=O) groups excluding carboxylic acids is 2. The van der Waals surface area contributed by atoms with E-state index in [0.717, 1.165) is 29.3 Å². The van der Waals surface area contributed by atoms with Gasteiger partial charge < -0.3 is 10.1 Å². The Morgan fingerprint density at radius 2 is 1.64 bits per heavy atom. The molecular formula is C19H19F2NO3. The highest BCUT2D eigenvalue weighted by atomic mass is 19.1. The van der Waals surface area contributed by atoms with Crippen molar-refractivity contribution in [2.45, 2.75) is 25.8 Å². The topological polar surface area (TPSA) is 55.4 Å². The fraction of sp³-hybridized carbons (Fsp3) is 0.263. The van der Waals surface area contributed by atoms with Crippen LogP contribution in [-0.4, -0.2) is 25.0 Å². The second-order valence-electron chi connectivity index (χ2n) is 5.79. The first-order valence-electron chi connectivity index (χ1n) is 7.75. The molecule has 1 amide bonds. The second kappa shape index (κ2) is 8.37. The molecule has 4 nitrogen and oxygen atoms in total. The van der Waals surface area contributed by atoms with Crippen molar-refractivity contribution >= 4 is 11.9 Å². The number of ether oxygens (including phenoxy) is 1. The maximum Gasteiger partial charge on any atom is 0.328 e. The molecule has 0 saturated heterocycles. The Labute approximate surface area is 144 Å². The minimum atomic E-state index is -0.876. The van der Waals surface area contributed by atoms with Crippen LogP contribution in [-0.2, 0) is 27.2 Å². The summed E-state index contributed by atoms with van der Waals surface area (Å²) in [5.74, 6) is -2.62. The van der Waals surface area contributed by atoms with Crippen LogP contribution in [0.4, 0.5) is 8.78 Å². The highest BCUT2D eigenvalue weighted by molar-refractivity contribution is 5.85. The van der Waals surface area contributed by atoms with Crippen LogP contribution in [0.3, 0.4) is 0 Å². The minimum Gasteiger partial charge on any atom is -0.467 e. The Morgan fingerprint density at radius 1 is 1.04 bits per heavy atom. The van der Waals surface area contributed by atoms with E-state index in [1.807, 2.05) is 31.2 Å². The molecule has 6 heteroatoms. The lowest BCUT2D eigenvalue weighted by Gasteiger charge is -2.17. The smallest absolute Gasteiger partial charge is 0.328 e. The predicted molar refractivity (Wildman–Crippen MR) is 88.9 cm³/mol. The normalized spacial score (nSPS) is 11.7. The van der Waals surface area contributed by atoms with Gasteiger partial charge in [0.1, 0.15) is 17.7 Å². The fourth-order valence-corrected chi connectivity index (χ4v) is 2.44. The maximum absolute atomic E-state index is 13.2. The van der Waals surface area contributed by atoms with Gasteiger partial charge in [0.25, 0.3) is 0 Å². The zero-order valence-corrected chi connectivity index (χ0v) is 14.0. The van der Waals surface area contributed by atoms with Crippen LogP contribution in [0.1, 0.15) is 16.7 Å². The number of esters is 1. The molecule has 1 atom stereocenters. The van der Waals surface area contributed by atoms with Crippen molar-refractivity contribution in [3.05, 3.63) is 70.8 Å². The molecule has 0 spiro atoms. The van der Waals surface area contributed by atoms with Gasteiger partial charge in [0.05, 0.1) is 13.5 Å². The highest BCUT2D eigenvalue weighted by Crippen LogP contribution is 2.10. The molecule has 0 bridgehead atoms. The number of benzene rings is 2. The molecule has 0 aliphatic heterocycles. The number of hydrogen-bond acceptors (Lipinski definition) is 3. The summed E-state index contributed by atoms with van der Waals surface area (Å²) >= 11 is 0. The average Bonchev–Trinajstić information content (AvgIpc) is 2.54. The zero-order valence-electron chi connectivity index (χ0n) is 14.0. The molecule has 0 aromatic heterocycles. The van der Waals surface area contributed by atoms with Crippen molar-refractivity contribution in [2.24, 2.45) is 0 Å². The van der Waals surface area contributed by atoms with Gasteiger partial charge in [-0.3, -0.25) is 4.79 Å². The summed E-state index contributed by atoms with van der Waals surface area (Å²) in [6.45, 7) is 1.95. The van der Waals surface area contributed by atoms with E-state index in [1.54, 1.807) is 0 Å². The minimum absolute atomic E-state index is 0.189. The third kappa shape index (κ3) is 5.67. The molecule has 0 fully saturated rings. The van der Waals surface area contributed by atoms with E-state index >= 15 is 0 Å². The summed E-state index contributed by atoms with van der Waals surface area (Å²) in [7, 11) is 1.23. The molecule has 25 heavy (non-hydrogen) atoms. The summed E-state index contributed by atoms with van der Waals surface area (Å²) < 4.78 is 31.1. The van der Waals surface area contributed by atoms with Crippen LogP contribution < -0.4 is 5.32 Å². The number of rotatable bonds is 6. The molecule has 0 heterocycles. The van der Waals surface area contributed by atoms with E-state index in [-0.39, 0.29) is 18.4 Å². The Morgan fingerprint density at radius 3 is 2.20 bits per heavy atom. The van der Waals surface area contributed by atoms with Gasteiger partial charge in [0.2, 0.25) is 5.91 Å². The first-order valence-corrected chi connectivity index (χ1v) is 7.75. The van der Waals surface area contributed by atoms with E-state index in [9.17, 15) is 18.4 Å². The van der Waals surface area contributed by atoms with Crippen molar-refractivity contribution < 1.29 is 23.1 Å². The summed E-state index contributed by atoms with van der Waals surface area (Å²) in [5, 5.41) is 2.56. The number of aryl methyl sites for hydroxylation is 1. The Balaban J connectivity index is 2.06. The van der Waals surface area contributed by atoms with Gasteiger partial charge in [-0.15, -0.1) is 0 Å². The number of amides is 1.